The lowest BCUT2D eigenvalue weighted by Crippen LogP contribution is -2.12. The van der Waals surface area contributed by atoms with E-state index in [9.17, 15) is 0 Å². The van der Waals surface area contributed by atoms with Crippen molar-refractivity contribution in [2.75, 3.05) is 11.9 Å². The molecule has 2 heteroatoms. The highest BCUT2D eigenvalue weighted by molar-refractivity contribution is 6.10. The predicted molar refractivity (Wildman–Crippen MR) is 112 cm³/mol. The molecule has 0 unspecified atom stereocenters. The van der Waals surface area contributed by atoms with Crippen molar-refractivity contribution in [2.45, 2.75) is 33.1 Å². The fraction of sp³-hybridized carbons (Fsp3) is 0.250. The number of aryl methyl sites for hydroxylation is 1. The van der Waals surface area contributed by atoms with E-state index >= 15 is 0 Å². The lowest BCUT2D eigenvalue weighted by Gasteiger charge is -2.24. The molecular weight excluding hydrogens is 318 g/mol. The maximum Gasteiger partial charge on any atom is 0.159 e. The Morgan fingerprint density at radius 2 is 1.46 bits per heavy atom. The number of hydrogen-bond acceptors (Lipinski definition) is 2. The van der Waals surface area contributed by atoms with E-state index in [0.29, 0.717) is 5.92 Å². The molecule has 0 fully saturated rings. The SMILES string of the molecule is CCc1cccc2c1oc1c(N(C)c3ccccc3C(C)C)cccc12. The average Bonchev–Trinajstić information content (AvgIpc) is 3.06. The monoisotopic (exact) mass is 343 g/mol. The predicted octanol–water partition coefficient (Wildman–Crippen LogP) is 7.04. The van der Waals surface area contributed by atoms with Crippen molar-refractivity contribution in [3.05, 3.63) is 71.8 Å². The largest absolute Gasteiger partial charge is 0.454 e. The second-order valence-corrected chi connectivity index (χ2v) is 7.18. The molecular formula is C24H25NO. The Bertz CT molecular complexity index is 1070. The molecule has 0 radical (unpaired) electrons. The van der Waals surface area contributed by atoms with Crippen molar-refractivity contribution in [3.8, 4) is 0 Å². The third-order valence-corrected chi connectivity index (χ3v) is 5.25. The van der Waals surface area contributed by atoms with Gasteiger partial charge in [-0.2, -0.15) is 0 Å². The first kappa shape index (κ1) is 16.7. The molecule has 0 aliphatic rings. The second-order valence-electron chi connectivity index (χ2n) is 7.18. The lowest BCUT2D eigenvalue weighted by molar-refractivity contribution is 0.663. The topological polar surface area (TPSA) is 16.4 Å². The maximum absolute atomic E-state index is 6.41. The average molecular weight is 343 g/mol. The van der Waals surface area contributed by atoms with Crippen LogP contribution < -0.4 is 4.90 Å². The van der Waals surface area contributed by atoms with Crippen LogP contribution in [0.1, 0.15) is 37.8 Å². The van der Waals surface area contributed by atoms with Crippen molar-refractivity contribution < 1.29 is 4.42 Å². The minimum Gasteiger partial charge on any atom is -0.454 e. The third kappa shape index (κ3) is 2.57. The summed E-state index contributed by atoms with van der Waals surface area (Å²) in [7, 11) is 2.13. The zero-order valence-corrected chi connectivity index (χ0v) is 15.9. The highest BCUT2D eigenvalue weighted by Gasteiger charge is 2.18. The van der Waals surface area contributed by atoms with E-state index in [1.54, 1.807) is 0 Å². The highest BCUT2D eigenvalue weighted by Crippen LogP contribution is 2.39. The van der Waals surface area contributed by atoms with Gasteiger partial charge in [-0.25, -0.2) is 0 Å². The van der Waals surface area contributed by atoms with Crippen molar-refractivity contribution in [3.63, 3.8) is 0 Å². The van der Waals surface area contributed by atoms with Gasteiger partial charge in [-0.3, -0.25) is 0 Å². The molecule has 2 nitrogen and oxygen atoms in total. The molecule has 4 rings (SSSR count). The smallest absolute Gasteiger partial charge is 0.159 e. The number of hydrogen-bond donors (Lipinski definition) is 0. The summed E-state index contributed by atoms with van der Waals surface area (Å²) < 4.78 is 6.41. The molecule has 132 valence electrons. The lowest BCUT2D eigenvalue weighted by atomic mass is 10.00. The first-order chi connectivity index (χ1) is 12.6. The summed E-state index contributed by atoms with van der Waals surface area (Å²) in [6.07, 6.45) is 0.971. The van der Waals surface area contributed by atoms with Gasteiger partial charge in [-0.1, -0.05) is 69.3 Å². The summed E-state index contributed by atoms with van der Waals surface area (Å²) in [5, 5.41) is 2.38. The van der Waals surface area contributed by atoms with E-state index in [2.05, 4.69) is 93.4 Å². The Labute approximate surface area is 155 Å². The van der Waals surface area contributed by atoms with Crippen LogP contribution in [-0.2, 0) is 6.42 Å². The molecule has 0 amide bonds. The number of rotatable bonds is 4. The number of benzene rings is 3. The first-order valence-electron chi connectivity index (χ1n) is 9.37. The van der Waals surface area contributed by atoms with E-state index in [1.165, 1.54) is 27.6 Å². The van der Waals surface area contributed by atoms with Crippen molar-refractivity contribution in [1.82, 2.24) is 0 Å². The number of para-hydroxylation sites is 3. The summed E-state index contributed by atoms with van der Waals surface area (Å²) in [5.74, 6) is 0.468. The number of anilines is 2. The molecule has 0 aliphatic heterocycles. The molecule has 0 N–H and O–H groups in total. The van der Waals surface area contributed by atoms with E-state index < -0.39 is 0 Å². The first-order valence-corrected chi connectivity index (χ1v) is 9.37. The Hall–Kier alpha value is -2.74. The van der Waals surface area contributed by atoms with Crippen LogP contribution in [0.15, 0.2) is 65.1 Å². The van der Waals surface area contributed by atoms with Crippen LogP contribution in [-0.4, -0.2) is 7.05 Å². The van der Waals surface area contributed by atoms with Crippen LogP contribution in [0.2, 0.25) is 0 Å². The number of furan rings is 1. The molecule has 1 aromatic heterocycles. The molecule has 0 spiro atoms. The van der Waals surface area contributed by atoms with Crippen LogP contribution >= 0.6 is 0 Å². The fourth-order valence-corrected chi connectivity index (χ4v) is 3.82. The molecule has 3 aromatic carbocycles. The maximum atomic E-state index is 6.41. The van der Waals surface area contributed by atoms with Gasteiger partial charge in [0.15, 0.2) is 5.58 Å². The van der Waals surface area contributed by atoms with Gasteiger partial charge in [0.05, 0.1) is 5.69 Å². The Kier molecular flexibility index (Phi) is 4.20. The molecule has 1 heterocycles. The zero-order valence-electron chi connectivity index (χ0n) is 15.9. The Morgan fingerprint density at radius 3 is 2.19 bits per heavy atom. The van der Waals surface area contributed by atoms with Gasteiger partial charge in [-0.15, -0.1) is 0 Å². The van der Waals surface area contributed by atoms with E-state index in [4.69, 9.17) is 4.42 Å². The van der Waals surface area contributed by atoms with Gasteiger partial charge in [0.1, 0.15) is 5.58 Å². The molecule has 0 aliphatic carbocycles. The summed E-state index contributed by atoms with van der Waals surface area (Å²) >= 11 is 0. The van der Waals surface area contributed by atoms with Crippen molar-refractivity contribution in [1.29, 1.82) is 0 Å². The quantitative estimate of drug-likeness (QED) is 0.395. The summed E-state index contributed by atoms with van der Waals surface area (Å²) in [6.45, 7) is 6.65. The second kappa shape index (κ2) is 6.53. The fourth-order valence-electron chi connectivity index (χ4n) is 3.82. The minimum atomic E-state index is 0.468. The molecule has 0 saturated heterocycles. The molecule has 4 aromatic rings. The van der Waals surface area contributed by atoms with E-state index in [-0.39, 0.29) is 0 Å². The van der Waals surface area contributed by atoms with Crippen LogP contribution in [0.4, 0.5) is 11.4 Å². The summed E-state index contributed by atoms with van der Waals surface area (Å²) in [5.41, 5.74) is 6.92. The zero-order chi connectivity index (χ0) is 18.3. The van der Waals surface area contributed by atoms with Crippen LogP contribution in [0.3, 0.4) is 0 Å². The molecule has 0 atom stereocenters. The molecule has 26 heavy (non-hydrogen) atoms. The van der Waals surface area contributed by atoms with Gasteiger partial charge < -0.3 is 9.32 Å². The third-order valence-electron chi connectivity index (χ3n) is 5.25. The standard InChI is InChI=1S/C24H25NO/c1-5-17-10-8-12-19-20-13-9-15-22(24(20)26-23(17)19)25(4)21-14-7-6-11-18(21)16(2)3/h6-16H,5H2,1-4H3. The van der Waals surface area contributed by atoms with E-state index in [0.717, 1.165) is 23.3 Å². The van der Waals surface area contributed by atoms with Crippen LogP contribution in [0.5, 0.6) is 0 Å². The van der Waals surface area contributed by atoms with Gasteiger partial charge in [-0.05, 0) is 35.6 Å². The Balaban J connectivity index is 1.95. The van der Waals surface area contributed by atoms with Gasteiger partial charge in [0, 0.05) is 23.5 Å². The summed E-state index contributed by atoms with van der Waals surface area (Å²) in [6, 6.07) is 21.5. The molecule has 0 bridgehead atoms. The van der Waals surface area contributed by atoms with Gasteiger partial charge >= 0.3 is 0 Å². The summed E-state index contributed by atoms with van der Waals surface area (Å²) in [4.78, 5) is 2.26. The number of nitrogens with zero attached hydrogens (tertiary/aromatic N) is 1. The van der Waals surface area contributed by atoms with Crippen molar-refractivity contribution >= 4 is 33.3 Å². The molecule has 0 saturated carbocycles. The van der Waals surface area contributed by atoms with Crippen LogP contribution in [0, 0.1) is 0 Å². The normalized spacial score (nSPS) is 11.6. The minimum absolute atomic E-state index is 0.468. The van der Waals surface area contributed by atoms with Crippen LogP contribution in [0.25, 0.3) is 21.9 Å². The van der Waals surface area contributed by atoms with E-state index in [1.807, 2.05) is 0 Å². The number of fused-ring (bicyclic) bond motifs is 3. The Morgan fingerprint density at radius 1 is 0.808 bits per heavy atom. The highest BCUT2D eigenvalue weighted by atomic mass is 16.3. The van der Waals surface area contributed by atoms with Gasteiger partial charge in [0.2, 0.25) is 0 Å². The van der Waals surface area contributed by atoms with Gasteiger partial charge in [0.25, 0.3) is 0 Å². The van der Waals surface area contributed by atoms with Crippen molar-refractivity contribution in [2.24, 2.45) is 0 Å².